The molecule has 0 saturated heterocycles. The molecule has 0 radical (unpaired) electrons. The van der Waals surface area contributed by atoms with E-state index in [1.807, 2.05) is 24.3 Å². The van der Waals surface area contributed by atoms with Crippen molar-refractivity contribution in [3.8, 4) is 11.5 Å². The summed E-state index contributed by atoms with van der Waals surface area (Å²) in [6.07, 6.45) is 37.2. The maximum absolute atomic E-state index is 9.63. The van der Waals surface area contributed by atoms with Gasteiger partial charge in [-0.15, -0.1) is 0 Å². The summed E-state index contributed by atoms with van der Waals surface area (Å²) in [6.45, 7) is 14.8. The van der Waals surface area contributed by atoms with Gasteiger partial charge >= 0.3 is 0 Å². The average molecular weight is 735 g/mol. The Morgan fingerprint density at radius 1 is 0.510 bits per heavy atom. The number of allylic oxidation sites excluding steroid dienone is 4. The molecule has 51 heavy (non-hydrogen) atoms. The lowest BCUT2D eigenvalue weighted by molar-refractivity contribution is 0.460. The Labute approximate surface area is 317 Å². The molecule has 0 spiro atoms. The molecule has 0 aliphatic heterocycles. The first-order valence-electron chi connectivity index (χ1n) is 21.1. The van der Waals surface area contributed by atoms with Gasteiger partial charge in [-0.2, -0.15) is 0 Å². The first-order chi connectivity index (χ1) is 24.6. The van der Waals surface area contributed by atoms with Crippen LogP contribution in [0.4, 0.5) is 0 Å². The Bertz CT molecular complexity index is 1130. The van der Waals surface area contributed by atoms with Crippen molar-refractivity contribution in [2.75, 3.05) is 0 Å². The molecule has 5 heteroatoms. The zero-order chi connectivity index (χ0) is 37.2. The minimum absolute atomic E-state index is 0.382. The third kappa shape index (κ3) is 20.7. The minimum atomic E-state index is -1.82. The highest BCUT2D eigenvalue weighted by Gasteiger charge is 2.42. The molecule has 0 bridgehead atoms. The summed E-state index contributed by atoms with van der Waals surface area (Å²) < 4.78 is 7.41. The Morgan fingerprint density at radius 2 is 0.882 bits per heavy atom. The van der Waals surface area contributed by atoms with Gasteiger partial charge in [0.25, 0.3) is 0 Å². The van der Waals surface area contributed by atoms with E-state index in [-0.39, 0.29) is 0 Å². The molecule has 2 unspecified atom stereocenters. The standard InChI is InChI=1S/C46H78O3Si2/c1-7-29-45(37-25-21-17-13-9-11-15-19-23-31-41-33-27-35-43(47)39-41)50(3,4)49-51(5,6)46(30-8-2)38-26-22-18-14-10-12-16-20-24-32-42-34-28-36-44(48)40-42/h17-18,21-22,27-28,33-36,39-40,45-48H,7-16,19-20,23-26,29-32,37-38H2,1-6H3/b21-17+,22-18+. The van der Waals surface area contributed by atoms with Gasteiger partial charge in [-0.3, -0.25) is 0 Å². The summed E-state index contributed by atoms with van der Waals surface area (Å²) in [6, 6.07) is 15.4. The highest BCUT2D eigenvalue weighted by atomic mass is 28.4. The number of phenolic OH excluding ortho intramolecular Hbond substituents is 2. The van der Waals surface area contributed by atoms with E-state index in [9.17, 15) is 10.2 Å². The zero-order valence-corrected chi connectivity index (χ0v) is 35.9. The summed E-state index contributed by atoms with van der Waals surface area (Å²) >= 11 is 0. The van der Waals surface area contributed by atoms with Crippen molar-refractivity contribution in [2.45, 2.75) is 192 Å². The van der Waals surface area contributed by atoms with E-state index in [0.29, 0.717) is 11.5 Å². The van der Waals surface area contributed by atoms with Gasteiger partial charge in [-0.25, -0.2) is 0 Å². The van der Waals surface area contributed by atoms with Crippen LogP contribution in [0, 0.1) is 0 Å². The molecule has 0 amide bonds. The molecule has 3 nitrogen and oxygen atoms in total. The predicted octanol–water partition coefficient (Wildman–Crippen LogP) is 15.0. The maximum Gasteiger partial charge on any atom is 0.176 e. The minimum Gasteiger partial charge on any atom is -0.508 e. The van der Waals surface area contributed by atoms with Crippen LogP contribution < -0.4 is 0 Å². The Morgan fingerprint density at radius 3 is 1.27 bits per heavy atom. The molecule has 0 fully saturated rings. The molecular formula is C46H78O3Si2. The fourth-order valence-corrected chi connectivity index (χ4v) is 18.4. The molecule has 2 N–H and O–H groups in total. The van der Waals surface area contributed by atoms with Crippen molar-refractivity contribution >= 4 is 16.6 Å². The second kappa shape index (κ2) is 26.6. The normalized spacial score (nSPS) is 13.8. The van der Waals surface area contributed by atoms with Crippen LogP contribution in [0.25, 0.3) is 0 Å². The van der Waals surface area contributed by atoms with Gasteiger partial charge in [0.15, 0.2) is 16.6 Å². The lowest BCUT2D eigenvalue weighted by atomic mass is 10.0. The lowest BCUT2D eigenvalue weighted by Gasteiger charge is -2.43. The Balaban J connectivity index is 1.64. The molecule has 288 valence electrons. The Kier molecular flexibility index (Phi) is 23.5. The van der Waals surface area contributed by atoms with Crippen LogP contribution in [0.2, 0.25) is 37.3 Å². The van der Waals surface area contributed by atoms with Crippen LogP contribution in [0.15, 0.2) is 72.8 Å². The second-order valence-corrected chi connectivity index (χ2v) is 25.2. The number of benzene rings is 2. The van der Waals surface area contributed by atoms with Gasteiger partial charge < -0.3 is 14.3 Å². The van der Waals surface area contributed by atoms with E-state index in [0.717, 1.165) is 23.9 Å². The van der Waals surface area contributed by atoms with Gasteiger partial charge in [0, 0.05) is 0 Å². The predicted molar refractivity (Wildman–Crippen MR) is 229 cm³/mol. The first kappa shape index (κ1) is 45.1. The third-order valence-electron chi connectivity index (χ3n) is 11.0. The van der Waals surface area contributed by atoms with Crippen LogP contribution in [0.5, 0.6) is 11.5 Å². The summed E-state index contributed by atoms with van der Waals surface area (Å²) in [5, 5.41) is 19.3. The summed E-state index contributed by atoms with van der Waals surface area (Å²) in [5.74, 6) is 0.764. The van der Waals surface area contributed by atoms with Crippen molar-refractivity contribution in [3.05, 3.63) is 84.0 Å². The van der Waals surface area contributed by atoms with Crippen molar-refractivity contribution in [2.24, 2.45) is 0 Å². The van der Waals surface area contributed by atoms with Crippen LogP contribution in [0.3, 0.4) is 0 Å². The van der Waals surface area contributed by atoms with Crippen LogP contribution >= 0.6 is 0 Å². The molecule has 2 rings (SSSR count). The van der Waals surface area contributed by atoms with E-state index in [1.165, 1.54) is 140 Å². The van der Waals surface area contributed by atoms with E-state index in [1.54, 1.807) is 12.1 Å². The fourth-order valence-electron chi connectivity index (χ4n) is 7.95. The monoisotopic (exact) mass is 735 g/mol. The fraction of sp³-hybridized carbons (Fsp3) is 0.652. The SMILES string of the molecule is CCCC(CC/C=C/CCCCCCCc1cccc(O)c1)[Si](C)(C)O[Si](C)(C)C(CCC)CC/C=C/CCCCCCCc1cccc(O)c1. The number of hydrogen-bond donors (Lipinski definition) is 2. The first-order valence-corrected chi connectivity index (χ1v) is 27.1. The van der Waals surface area contributed by atoms with E-state index >= 15 is 0 Å². The van der Waals surface area contributed by atoms with Crippen LogP contribution in [0.1, 0.15) is 153 Å². The van der Waals surface area contributed by atoms with Crippen molar-refractivity contribution in [1.29, 1.82) is 0 Å². The number of rotatable bonds is 30. The van der Waals surface area contributed by atoms with Gasteiger partial charge in [0.05, 0.1) is 0 Å². The summed E-state index contributed by atoms with van der Waals surface area (Å²) in [4.78, 5) is 0. The highest BCUT2D eigenvalue weighted by molar-refractivity contribution is 6.86. The largest absolute Gasteiger partial charge is 0.508 e. The molecule has 2 aromatic rings. The molecule has 2 atom stereocenters. The topological polar surface area (TPSA) is 49.7 Å². The van der Waals surface area contributed by atoms with Gasteiger partial charge in [0.1, 0.15) is 11.5 Å². The molecule has 0 aromatic heterocycles. The number of hydrogen-bond acceptors (Lipinski definition) is 3. The van der Waals surface area contributed by atoms with Crippen molar-refractivity contribution < 1.29 is 14.3 Å². The molecule has 2 aromatic carbocycles. The summed E-state index contributed by atoms with van der Waals surface area (Å²) in [5.41, 5.74) is 3.97. The van der Waals surface area contributed by atoms with Crippen LogP contribution in [-0.4, -0.2) is 26.8 Å². The molecular weight excluding hydrogens is 657 g/mol. The van der Waals surface area contributed by atoms with Crippen LogP contribution in [-0.2, 0) is 17.0 Å². The van der Waals surface area contributed by atoms with Gasteiger partial charge in [-0.1, -0.05) is 127 Å². The van der Waals surface area contributed by atoms with E-state index in [2.05, 4.69) is 76.5 Å². The van der Waals surface area contributed by atoms with Crippen molar-refractivity contribution in [1.82, 2.24) is 0 Å². The third-order valence-corrected chi connectivity index (χ3v) is 20.3. The number of aromatic hydroxyl groups is 2. The smallest absolute Gasteiger partial charge is 0.176 e. The lowest BCUT2D eigenvalue weighted by Crippen LogP contribution is -2.50. The quantitative estimate of drug-likeness (QED) is 0.0477. The van der Waals surface area contributed by atoms with Gasteiger partial charge in [-0.05, 0) is 150 Å². The maximum atomic E-state index is 9.63. The second-order valence-electron chi connectivity index (χ2n) is 16.3. The highest BCUT2D eigenvalue weighted by Crippen LogP contribution is 2.40. The number of unbranched alkanes of at least 4 members (excludes halogenated alkanes) is 10. The zero-order valence-electron chi connectivity index (χ0n) is 33.9. The number of phenols is 2. The molecule has 0 heterocycles. The molecule has 0 aliphatic rings. The number of aryl methyl sites for hydroxylation is 2. The van der Waals surface area contributed by atoms with Crippen molar-refractivity contribution in [3.63, 3.8) is 0 Å². The van der Waals surface area contributed by atoms with Gasteiger partial charge in [0.2, 0.25) is 0 Å². The van der Waals surface area contributed by atoms with E-state index in [4.69, 9.17) is 4.12 Å². The molecule has 0 aliphatic carbocycles. The average Bonchev–Trinajstić information content (AvgIpc) is 3.08. The summed E-state index contributed by atoms with van der Waals surface area (Å²) in [7, 11) is -3.64. The Hall–Kier alpha value is -2.09. The van der Waals surface area contributed by atoms with E-state index < -0.39 is 16.6 Å². The molecule has 0 saturated carbocycles.